The van der Waals surface area contributed by atoms with E-state index in [1.807, 2.05) is 42.5 Å². The van der Waals surface area contributed by atoms with Crippen molar-refractivity contribution in [2.75, 3.05) is 11.9 Å². The summed E-state index contributed by atoms with van der Waals surface area (Å²) in [6.07, 6.45) is 0. The van der Waals surface area contributed by atoms with E-state index in [1.54, 1.807) is 30.1 Å². The van der Waals surface area contributed by atoms with Crippen LogP contribution < -0.4 is 10.5 Å². The first-order chi connectivity index (χ1) is 11.1. The van der Waals surface area contributed by atoms with Crippen LogP contribution in [0.5, 0.6) is 0 Å². The first-order valence-electron chi connectivity index (χ1n) is 7.14. The lowest BCUT2D eigenvalue weighted by Gasteiger charge is -2.17. The Hall–Kier alpha value is -3.21. The molecule has 0 radical (unpaired) electrons. The smallest absolute Gasteiger partial charge is 0.264 e. The highest BCUT2D eigenvalue weighted by Crippen LogP contribution is 2.19. The monoisotopic (exact) mass is 305 g/mol. The molecule has 114 valence electrons. The van der Waals surface area contributed by atoms with E-state index in [9.17, 15) is 9.59 Å². The highest BCUT2D eigenvalue weighted by atomic mass is 16.2. The number of hydrogen-bond donors (Lipinski definition) is 1. The summed E-state index contributed by atoms with van der Waals surface area (Å²) in [4.78, 5) is 25.1. The molecule has 23 heavy (non-hydrogen) atoms. The van der Waals surface area contributed by atoms with Crippen molar-refractivity contribution in [3.8, 4) is 11.3 Å². The lowest BCUT2D eigenvalue weighted by molar-refractivity contribution is 0.0993. The number of nitrogens with zero attached hydrogens (tertiary/aromatic N) is 2. The van der Waals surface area contributed by atoms with E-state index in [0.717, 1.165) is 11.3 Å². The molecule has 0 spiro atoms. The lowest BCUT2D eigenvalue weighted by atomic mass is 10.1. The molecule has 0 atom stereocenters. The number of amides is 1. The van der Waals surface area contributed by atoms with Gasteiger partial charge in [0.15, 0.2) is 0 Å². The van der Waals surface area contributed by atoms with Gasteiger partial charge in [0.05, 0.1) is 5.69 Å². The molecule has 0 aliphatic heterocycles. The van der Waals surface area contributed by atoms with Crippen molar-refractivity contribution in [2.45, 2.75) is 0 Å². The third kappa shape index (κ3) is 3.18. The second-order valence-electron chi connectivity index (χ2n) is 5.08. The van der Waals surface area contributed by atoms with E-state index >= 15 is 0 Å². The summed E-state index contributed by atoms with van der Waals surface area (Å²) < 4.78 is 0. The SMILES string of the molecule is CN(C(=O)c1ccc(-c2ccc(=O)[nH]n2)cc1)c1ccccc1. The summed E-state index contributed by atoms with van der Waals surface area (Å²) in [6, 6.07) is 19.7. The Morgan fingerprint density at radius 3 is 2.26 bits per heavy atom. The number of hydrogen-bond acceptors (Lipinski definition) is 3. The Balaban J connectivity index is 1.83. The molecule has 2 aromatic carbocycles. The van der Waals surface area contributed by atoms with E-state index in [4.69, 9.17) is 0 Å². The van der Waals surface area contributed by atoms with E-state index in [-0.39, 0.29) is 11.5 Å². The molecule has 5 heteroatoms. The van der Waals surface area contributed by atoms with Crippen LogP contribution in [-0.2, 0) is 0 Å². The molecular formula is C18H15N3O2. The first kappa shape index (κ1) is 14.7. The fourth-order valence-corrected chi connectivity index (χ4v) is 2.25. The van der Waals surface area contributed by atoms with Gasteiger partial charge in [0.2, 0.25) is 0 Å². The molecule has 0 fully saturated rings. The first-order valence-corrected chi connectivity index (χ1v) is 7.14. The molecule has 0 saturated carbocycles. The van der Waals surface area contributed by atoms with Crippen molar-refractivity contribution >= 4 is 11.6 Å². The Morgan fingerprint density at radius 2 is 1.65 bits per heavy atom. The maximum atomic E-state index is 12.5. The van der Waals surface area contributed by atoms with Gasteiger partial charge in [-0.2, -0.15) is 5.10 Å². The number of para-hydroxylation sites is 1. The van der Waals surface area contributed by atoms with Crippen LogP contribution in [0, 0.1) is 0 Å². The predicted molar refractivity (Wildman–Crippen MR) is 89.5 cm³/mol. The number of rotatable bonds is 3. The van der Waals surface area contributed by atoms with Gasteiger partial charge in [-0.15, -0.1) is 0 Å². The maximum absolute atomic E-state index is 12.5. The van der Waals surface area contributed by atoms with Crippen LogP contribution >= 0.6 is 0 Å². The topological polar surface area (TPSA) is 66.1 Å². The van der Waals surface area contributed by atoms with Crippen molar-refractivity contribution in [1.82, 2.24) is 10.2 Å². The zero-order chi connectivity index (χ0) is 16.2. The summed E-state index contributed by atoms with van der Waals surface area (Å²) in [5.74, 6) is -0.0859. The lowest BCUT2D eigenvalue weighted by Crippen LogP contribution is -2.26. The second kappa shape index (κ2) is 6.27. The molecule has 1 heterocycles. The number of anilines is 1. The molecule has 0 aliphatic rings. The zero-order valence-electron chi connectivity index (χ0n) is 12.6. The van der Waals surface area contributed by atoms with E-state index in [0.29, 0.717) is 11.3 Å². The van der Waals surface area contributed by atoms with Crippen LogP contribution in [0.25, 0.3) is 11.3 Å². The average molecular weight is 305 g/mol. The summed E-state index contributed by atoms with van der Waals surface area (Å²) in [5, 5.41) is 6.37. The van der Waals surface area contributed by atoms with Crippen molar-refractivity contribution in [1.29, 1.82) is 0 Å². The molecule has 5 nitrogen and oxygen atoms in total. The highest BCUT2D eigenvalue weighted by molar-refractivity contribution is 6.05. The number of H-pyrrole nitrogens is 1. The third-order valence-electron chi connectivity index (χ3n) is 3.55. The van der Waals surface area contributed by atoms with Crippen LogP contribution in [0.1, 0.15) is 10.4 Å². The van der Waals surface area contributed by atoms with E-state index in [2.05, 4.69) is 10.2 Å². The summed E-state index contributed by atoms with van der Waals surface area (Å²) in [6.45, 7) is 0. The van der Waals surface area contributed by atoms with Gasteiger partial charge < -0.3 is 4.90 Å². The Kier molecular flexibility index (Phi) is 4.01. The van der Waals surface area contributed by atoms with E-state index in [1.165, 1.54) is 6.07 Å². The van der Waals surface area contributed by atoms with Gasteiger partial charge >= 0.3 is 0 Å². The van der Waals surface area contributed by atoms with Gasteiger partial charge in [0.25, 0.3) is 11.5 Å². The van der Waals surface area contributed by atoms with Crippen LogP contribution in [-0.4, -0.2) is 23.2 Å². The number of aromatic nitrogens is 2. The second-order valence-corrected chi connectivity index (χ2v) is 5.08. The summed E-state index contributed by atoms with van der Waals surface area (Å²) in [7, 11) is 1.75. The van der Waals surface area contributed by atoms with Gasteiger partial charge in [-0.05, 0) is 30.3 Å². The molecule has 1 aromatic heterocycles. The largest absolute Gasteiger partial charge is 0.311 e. The van der Waals surface area contributed by atoms with Gasteiger partial charge in [0, 0.05) is 29.9 Å². The molecule has 0 unspecified atom stereocenters. The summed E-state index contributed by atoms with van der Waals surface area (Å²) >= 11 is 0. The van der Waals surface area contributed by atoms with Crippen LogP contribution in [0.15, 0.2) is 71.5 Å². The standard InChI is InChI=1S/C18H15N3O2/c1-21(15-5-3-2-4-6-15)18(23)14-9-7-13(8-10-14)16-11-12-17(22)20-19-16/h2-12H,1H3,(H,20,22). The quantitative estimate of drug-likeness (QED) is 0.809. The number of carbonyl (C=O) groups is 1. The van der Waals surface area contributed by atoms with Crippen molar-refractivity contribution in [3.63, 3.8) is 0 Å². The van der Waals surface area contributed by atoms with E-state index < -0.39 is 0 Å². The van der Waals surface area contributed by atoms with Crippen molar-refractivity contribution in [3.05, 3.63) is 82.6 Å². The normalized spacial score (nSPS) is 10.3. The third-order valence-corrected chi connectivity index (χ3v) is 3.55. The van der Waals surface area contributed by atoms with Crippen molar-refractivity contribution < 1.29 is 4.79 Å². The molecule has 3 aromatic rings. The number of carbonyl (C=O) groups excluding carboxylic acids is 1. The minimum atomic E-state index is -0.245. The molecular weight excluding hydrogens is 290 g/mol. The molecule has 0 saturated heterocycles. The fraction of sp³-hybridized carbons (Fsp3) is 0.0556. The molecule has 0 aliphatic carbocycles. The fourth-order valence-electron chi connectivity index (χ4n) is 2.25. The average Bonchev–Trinajstić information content (AvgIpc) is 2.62. The Morgan fingerprint density at radius 1 is 0.957 bits per heavy atom. The van der Waals surface area contributed by atoms with Gasteiger partial charge in [-0.3, -0.25) is 9.59 Å². The van der Waals surface area contributed by atoms with Gasteiger partial charge in [0.1, 0.15) is 0 Å². The van der Waals surface area contributed by atoms with Gasteiger partial charge in [-0.1, -0.05) is 30.3 Å². The molecule has 0 bridgehead atoms. The highest BCUT2D eigenvalue weighted by Gasteiger charge is 2.13. The Labute approximate surface area is 133 Å². The maximum Gasteiger partial charge on any atom is 0.264 e. The molecule has 1 N–H and O–H groups in total. The van der Waals surface area contributed by atoms with Crippen LogP contribution in [0.2, 0.25) is 0 Å². The zero-order valence-corrected chi connectivity index (χ0v) is 12.6. The minimum Gasteiger partial charge on any atom is -0.311 e. The molecule has 3 rings (SSSR count). The Bertz CT molecular complexity index is 850. The van der Waals surface area contributed by atoms with Gasteiger partial charge in [-0.25, -0.2) is 5.10 Å². The number of aromatic amines is 1. The van der Waals surface area contributed by atoms with Crippen molar-refractivity contribution in [2.24, 2.45) is 0 Å². The van der Waals surface area contributed by atoms with Crippen LogP contribution in [0.4, 0.5) is 5.69 Å². The van der Waals surface area contributed by atoms with Crippen LogP contribution in [0.3, 0.4) is 0 Å². The minimum absolute atomic E-state index is 0.0859. The number of nitrogens with one attached hydrogen (secondary N) is 1. The molecule has 1 amide bonds. The predicted octanol–water partition coefficient (Wildman–Crippen LogP) is 2.71. The number of benzene rings is 2. The summed E-state index contributed by atoms with van der Waals surface area (Å²) in [5.41, 5.74) is 2.67.